The van der Waals surface area contributed by atoms with Crippen LogP contribution in [0.15, 0.2) is 23.2 Å². The van der Waals surface area contributed by atoms with Gasteiger partial charge in [0.1, 0.15) is 11.5 Å². The van der Waals surface area contributed by atoms with Crippen molar-refractivity contribution in [2.75, 3.05) is 40.5 Å². The molecule has 1 aromatic rings. The van der Waals surface area contributed by atoms with E-state index >= 15 is 0 Å². The Morgan fingerprint density at radius 2 is 2.03 bits per heavy atom. The number of aliphatic imine (C=N–C) groups is 1. The Bertz CT molecular complexity index is 650. The van der Waals surface area contributed by atoms with Gasteiger partial charge in [-0.05, 0) is 51.2 Å². The molecule has 0 amide bonds. The van der Waals surface area contributed by atoms with E-state index < -0.39 is 0 Å². The van der Waals surface area contributed by atoms with Crippen molar-refractivity contribution < 1.29 is 14.2 Å². The van der Waals surface area contributed by atoms with Gasteiger partial charge in [0.25, 0.3) is 0 Å². The molecule has 0 radical (unpaired) electrons. The van der Waals surface area contributed by atoms with Crippen LogP contribution >= 0.6 is 24.0 Å². The van der Waals surface area contributed by atoms with Gasteiger partial charge >= 0.3 is 0 Å². The lowest BCUT2D eigenvalue weighted by Crippen LogP contribution is -2.40. The first kappa shape index (κ1) is 24.1. The summed E-state index contributed by atoms with van der Waals surface area (Å²) in [6.07, 6.45) is 6.27. The van der Waals surface area contributed by atoms with E-state index in [1.807, 2.05) is 26.1 Å². The molecule has 2 aliphatic rings. The fourth-order valence-electron chi connectivity index (χ4n) is 4.06. The molecular weight excluding hydrogens is 481 g/mol. The maximum atomic E-state index is 6.31. The Kier molecular flexibility index (Phi) is 10.3. The van der Waals surface area contributed by atoms with Gasteiger partial charge in [0.05, 0.1) is 19.8 Å². The monoisotopic (exact) mass is 517 g/mol. The zero-order valence-corrected chi connectivity index (χ0v) is 20.3. The zero-order valence-electron chi connectivity index (χ0n) is 18.0. The molecule has 0 spiro atoms. The van der Waals surface area contributed by atoms with Crippen LogP contribution in [0.25, 0.3) is 0 Å². The predicted molar refractivity (Wildman–Crippen MR) is 128 cm³/mol. The highest BCUT2D eigenvalue weighted by atomic mass is 127. The highest BCUT2D eigenvalue weighted by Crippen LogP contribution is 2.30. The smallest absolute Gasteiger partial charge is 0.193 e. The molecule has 1 saturated heterocycles. The van der Waals surface area contributed by atoms with Gasteiger partial charge in [0.2, 0.25) is 0 Å². The van der Waals surface area contributed by atoms with Gasteiger partial charge in [-0.25, -0.2) is 0 Å². The number of hydrogen-bond donors (Lipinski definition) is 1. The van der Waals surface area contributed by atoms with Crippen LogP contribution in [0.1, 0.15) is 44.6 Å². The molecule has 1 N–H and O–H groups in total. The molecule has 1 atom stereocenters. The van der Waals surface area contributed by atoms with E-state index in [2.05, 4.69) is 21.3 Å². The topological polar surface area (TPSA) is 55.3 Å². The molecule has 1 unspecified atom stereocenters. The van der Waals surface area contributed by atoms with Crippen molar-refractivity contribution in [2.45, 2.75) is 51.7 Å². The highest BCUT2D eigenvalue weighted by Gasteiger charge is 2.25. The number of ether oxygens (including phenoxy) is 3. The predicted octanol–water partition coefficient (Wildman–Crippen LogP) is 4.07. The van der Waals surface area contributed by atoms with Crippen LogP contribution < -0.4 is 14.8 Å². The van der Waals surface area contributed by atoms with E-state index in [9.17, 15) is 0 Å². The Balaban J connectivity index is 0.00000300. The summed E-state index contributed by atoms with van der Waals surface area (Å²) < 4.78 is 17.3. The molecule has 7 heteroatoms. The first-order valence-corrected chi connectivity index (χ1v) is 10.6. The van der Waals surface area contributed by atoms with Gasteiger partial charge in [-0.2, -0.15) is 0 Å². The van der Waals surface area contributed by atoms with Crippen LogP contribution in [0.3, 0.4) is 0 Å². The molecule has 1 aromatic carbocycles. The van der Waals surface area contributed by atoms with Crippen molar-refractivity contribution in [3.05, 3.63) is 23.8 Å². The number of likely N-dealkylation sites (tertiary alicyclic amines) is 1. The summed E-state index contributed by atoms with van der Waals surface area (Å²) in [6.45, 7) is 6.37. The molecule has 2 fully saturated rings. The third kappa shape index (κ3) is 6.91. The Labute approximate surface area is 192 Å². The number of rotatable bonds is 8. The number of guanidine groups is 1. The van der Waals surface area contributed by atoms with Crippen molar-refractivity contribution in [1.29, 1.82) is 0 Å². The van der Waals surface area contributed by atoms with Crippen LogP contribution in [0.5, 0.6) is 11.5 Å². The first-order valence-electron chi connectivity index (χ1n) is 10.6. The van der Waals surface area contributed by atoms with E-state index in [1.165, 1.54) is 12.8 Å². The van der Waals surface area contributed by atoms with Crippen molar-refractivity contribution in [3.8, 4) is 11.5 Å². The summed E-state index contributed by atoms with van der Waals surface area (Å²) in [5, 5.41) is 3.52. The maximum Gasteiger partial charge on any atom is 0.193 e. The second-order valence-corrected chi connectivity index (χ2v) is 7.66. The molecular formula is C22H36IN3O3. The fraction of sp³-hybridized carbons (Fsp3) is 0.682. The Hall–Kier alpha value is -1.22. The van der Waals surface area contributed by atoms with Gasteiger partial charge in [-0.3, -0.25) is 4.99 Å². The number of nitrogens with zero attached hydrogens (tertiary/aromatic N) is 2. The standard InChI is InChI=1S/C22H35N3O3.HI/c1-4-27-16-17-11-12-25(15-17)22(23-2)24-14-18-9-10-20(26-3)13-21(18)28-19-7-5-6-8-19;/h9-10,13,17,19H,4-8,11-12,14-16H2,1-3H3,(H,23,24);1H. The molecule has 1 heterocycles. The number of benzene rings is 1. The lowest BCUT2D eigenvalue weighted by atomic mass is 10.1. The summed E-state index contributed by atoms with van der Waals surface area (Å²) in [5.74, 6) is 3.28. The Morgan fingerprint density at radius 3 is 2.72 bits per heavy atom. The molecule has 0 aromatic heterocycles. The van der Waals surface area contributed by atoms with Gasteiger partial charge in [-0.15, -0.1) is 24.0 Å². The van der Waals surface area contributed by atoms with Crippen LogP contribution in [0.4, 0.5) is 0 Å². The van der Waals surface area contributed by atoms with Crippen molar-refractivity contribution in [1.82, 2.24) is 10.2 Å². The average molecular weight is 517 g/mol. The molecule has 164 valence electrons. The van der Waals surface area contributed by atoms with Crippen molar-refractivity contribution in [3.63, 3.8) is 0 Å². The normalized spacial score (nSPS) is 19.9. The van der Waals surface area contributed by atoms with Crippen LogP contribution in [-0.2, 0) is 11.3 Å². The lowest BCUT2D eigenvalue weighted by Gasteiger charge is -2.23. The summed E-state index contributed by atoms with van der Waals surface area (Å²) in [4.78, 5) is 6.82. The first-order chi connectivity index (χ1) is 13.7. The van der Waals surface area contributed by atoms with E-state index in [0.29, 0.717) is 18.6 Å². The number of halogens is 1. The zero-order chi connectivity index (χ0) is 19.8. The molecule has 0 bridgehead atoms. The van der Waals surface area contributed by atoms with Crippen LogP contribution in [-0.4, -0.2) is 57.4 Å². The number of hydrogen-bond acceptors (Lipinski definition) is 4. The van der Waals surface area contributed by atoms with Crippen LogP contribution in [0.2, 0.25) is 0 Å². The molecule has 1 saturated carbocycles. The van der Waals surface area contributed by atoms with Crippen molar-refractivity contribution in [2.24, 2.45) is 10.9 Å². The second kappa shape index (κ2) is 12.5. The average Bonchev–Trinajstić information content (AvgIpc) is 3.40. The van der Waals surface area contributed by atoms with E-state index in [4.69, 9.17) is 14.2 Å². The second-order valence-electron chi connectivity index (χ2n) is 7.66. The fourth-order valence-corrected chi connectivity index (χ4v) is 4.06. The Morgan fingerprint density at radius 1 is 1.24 bits per heavy atom. The van der Waals surface area contributed by atoms with Gasteiger partial charge < -0.3 is 24.4 Å². The van der Waals surface area contributed by atoms with Crippen molar-refractivity contribution >= 4 is 29.9 Å². The molecule has 29 heavy (non-hydrogen) atoms. The van der Waals surface area contributed by atoms with E-state index in [1.54, 1.807) is 7.11 Å². The molecule has 3 rings (SSSR count). The summed E-state index contributed by atoms with van der Waals surface area (Å²) in [6, 6.07) is 6.09. The minimum atomic E-state index is 0. The SMILES string of the molecule is CCOCC1CCN(C(=NC)NCc2ccc(OC)cc2OC2CCCC2)C1.I. The minimum absolute atomic E-state index is 0. The quantitative estimate of drug-likeness (QED) is 0.320. The number of nitrogens with one attached hydrogen (secondary N) is 1. The largest absolute Gasteiger partial charge is 0.497 e. The summed E-state index contributed by atoms with van der Waals surface area (Å²) in [7, 11) is 3.54. The molecule has 6 nitrogen and oxygen atoms in total. The maximum absolute atomic E-state index is 6.31. The van der Waals surface area contributed by atoms with Gasteiger partial charge in [0, 0.05) is 50.8 Å². The minimum Gasteiger partial charge on any atom is -0.497 e. The summed E-state index contributed by atoms with van der Waals surface area (Å²) >= 11 is 0. The van der Waals surface area contributed by atoms with E-state index in [-0.39, 0.29) is 24.0 Å². The third-order valence-corrected chi connectivity index (χ3v) is 5.66. The lowest BCUT2D eigenvalue weighted by molar-refractivity contribution is 0.114. The summed E-state index contributed by atoms with van der Waals surface area (Å²) in [5.41, 5.74) is 1.14. The third-order valence-electron chi connectivity index (χ3n) is 5.66. The van der Waals surface area contributed by atoms with E-state index in [0.717, 1.165) is 68.6 Å². The van der Waals surface area contributed by atoms with Gasteiger partial charge in [-0.1, -0.05) is 0 Å². The molecule has 1 aliphatic heterocycles. The van der Waals surface area contributed by atoms with Crippen LogP contribution in [0, 0.1) is 5.92 Å². The van der Waals surface area contributed by atoms with Gasteiger partial charge in [0.15, 0.2) is 5.96 Å². The highest BCUT2D eigenvalue weighted by molar-refractivity contribution is 14.0. The number of methoxy groups -OCH3 is 1. The molecule has 1 aliphatic carbocycles.